The average Bonchev–Trinajstić information content (AvgIpc) is 2.39. The van der Waals surface area contributed by atoms with E-state index in [2.05, 4.69) is 10.6 Å². The molecule has 19 heavy (non-hydrogen) atoms. The fraction of sp³-hybridized carbons (Fsp3) is 0.500. The van der Waals surface area contributed by atoms with E-state index in [1.807, 2.05) is 0 Å². The van der Waals surface area contributed by atoms with Gasteiger partial charge in [0, 0.05) is 12.1 Å². The molecular weight excluding hydrogens is 250 g/mol. The van der Waals surface area contributed by atoms with E-state index >= 15 is 0 Å². The highest BCUT2D eigenvalue weighted by atomic mass is 19.1. The lowest BCUT2D eigenvalue weighted by molar-refractivity contribution is -0.126. The lowest BCUT2D eigenvalue weighted by Crippen LogP contribution is -2.41. The Balaban J connectivity index is 2.04. The maximum absolute atomic E-state index is 13.6. The molecule has 1 fully saturated rings. The Bertz CT molecular complexity index is 439. The Morgan fingerprint density at radius 2 is 2.11 bits per heavy atom. The largest absolute Gasteiger partial charge is 0.349 e. The van der Waals surface area contributed by atoms with Crippen molar-refractivity contribution in [2.24, 2.45) is 5.92 Å². The zero-order chi connectivity index (χ0) is 13.8. The van der Waals surface area contributed by atoms with Crippen LogP contribution in [0.2, 0.25) is 0 Å². The quantitative estimate of drug-likeness (QED) is 0.882. The molecule has 3 nitrogen and oxygen atoms in total. The smallest absolute Gasteiger partial charge is 0.224 e. The number of halogens is 2. The summed E-state index contributed by atoms with van der Waals surface area (Å²) in [5.41, 5.74) is -0.0837. The topological polar surface area (TPSA) is 41.1 Å². The Kier molecular flexibility index (Phi) is 4.47. The fourth-order valence-corrected chi connectivity index (χ4v) is 2.40. The zero-order valence-corrected chi connectivity index (χ0v) is 10.9. The first-order chi connectivity index (χ1) is 9.09. The van der Waals surface area contributed by atoms with Crippen LogP contribution in [-0.2, 0) is 4.79 Å². The first-order valence-electron chi connectivity index (χ1n) is 6.54. The summed E-state index contributed by atoms with van der Waals surface area (Å²) in [6, 6.07) is 3.04. The summed E-state index contributed by atoms with van der Waals surface area (Å²) >= 11 is 0. The standard InChI is InChI=1S/C14H18F2N2O/c1-9(13-11(15)5-2-6-12(13)16)18-14(19)10-4-3-7-17-8-10/h2,5-6,9-10,17H,3-4,7-8H2,1H3,(H,18,19). The van der Waals surface area contributed by atoms with Gasteiger partial charge in [-0.25, -0.2) is 8.78 Å². The molecule has 104 valence electrons. The van der Waals surface area contributed by atoms with Crippen LogP contribution in [0.3, 0.4) is 0 Å². The molecule has 1 aromatic carbocycles. The van der Waals surface area contributed by atoms with E-state index in [9.17, 15) is 13.6 Å². The molecule has 1 amide bonds. The van der Waals surface area contributed by atoms with Gasteiger partial charge < -0.3 is 10.6 Å². The number of amides is 1. The number of piperidine rings is 1. The van der Waals surface area contributed by atoms with Gasteiger partial charge in [0.15, 0.2) is 0 Å². The van der Waals surface area contributed by atoms with Gasteiger partial charge in [-0.05, 0) is 38.4 Å². The lowest BCUT2D eigenvalue weighted by atomic mass is 9.97. The van der Waals surface area contributed by atoms with Gasteiger partial charge in [0.2, 0.25) is 5.91 Å². The van der Waals surface area contributed by atoms with Gasteiger partial charge in [-0.2, -0.15) is 0 Å². The van der Waals surface area contributed by atoms with Crippen LogP contribution in [0.25, 0.3) is 0 Å². The van der Waals surface area contributed by atoms with Gasteiger partial charge in [-0.3, -0.25) is 4.79 Å². The molecule has 0 bridgehead atoms. The molecule has 1 aliphatic rings. The third-order valence-electron chi connectivity index (χ3n) is 3.46. The minimum atomic E-state index is -0.671. The van der Waals surface area contributed by atoms with E-state index in [4.69, 9.17) is 0 Å². The number of hydrogen-bond donors (Lipinski definition) is 2. The molecule has 0 radical (unpaired) electrons. The SMILES string of the molecule is CC(NC(=O)C1CCCNC1)c1c(F)cccc1F. The molecule has 1 heterocycles. The van der Waals surface area contributed by atoms with E-state index in [1.165, 1.54) is 18.2 Å². The summed E-state index contributed by atoms with van der Waals surface area (Å²) in [5, 5.41) is 5.83. The zero-order valence-electron chi connectivity index (χ0n) is 10.9. The van der Waals surface area contributed by atoms with Crippen molar-refractivity contribution in [1.29, 1.82) is 0 Å². The van der Waals surface area contributed by atoms with Crippen LogP contribution in [-0.4, -0.2) is 19.0 Å². The molecule has 2 rings (SSSR count). The van der Waals surface area contributed by atoms with E-state index in [1.54, 1.807) is 6.92 Å². The van der Waals surface area contributed by atoms with Crippen molar-refractivity contribution in [3.8, 4) is 0 Å². The average molecular weight is 268 g/mol. The second kappa shape index (κ2) is 6.10. The first kappa shape index (κ1) is 13.9. The van der Waals surface area contributed by atoms with Crippen LogP contribution in [0.1, 0.15) is 31.4 Å². The summed E-state index contributed by atoms with van der Waals surface area (Å²) in [6.07, 6.45) is 1.76. The Morgan fingerprint density at radius 3 is 2.68 bits per heavy atom. The monoisotopic (exact) mass is 268 g/mol. The minimum Gasteiger partial charge on any atom is -0.349 e. The van der Waals surface area contributed by atoms with Crippen molar-refractivity contribution in [3.63, 3.8) is 0 Å². The molecular formula is C14H18F2N2O. The lowest BCUT2D eigenvalue weighted by Gasteiger charge is -2.24. The molecule has 0 aliphatic carbocycles. The number of carbonyl (C=O) groups excluding carboxylic acids is 1. The molecule has 0 aromatic heterocycles. The third-order valence-corrected chi connectivity index (χ3v) is 3.46. The molecule has 2 N–H and O–H groups in total. The summed E-state index contributed by atoms with van der Waals surface area (Å²) < 4.78 is 27.2. The Labute approximate surface area is 111 Å². The second-order valence-corrected chi connectivity index (χ2v) is 4.91. The van der Waals surface area contributed by atoms with Crippen molar-refractivity contribution in [3.05, 3.63) is 35.4 Å². The van der Waals surface area contributed by atoms with Crippen molar-refractivity contribution in [1.82, 2.24) is 10.6 Å². The maximum atomic E-state index is 13.6. The Morgan fingerprint density at radius 1 is 1.42 bits per heavy atom. The van der Waals surface area contributed by atoms with E-state index in [0.717, 1.165) is 19.4 Å². The number of benzene rings is 1. The van der Waals surface area contributed by atoms with Gasteiger partial charge >= 0.3 is 0 Å². The minimum absolute atomic E-state index is 0.0837. The highest BCUT2D eigenvalue weighted by Crippen LogP contribution is 2.21. The molecule has 0 spiro atoms. The number of rotatable bonds is 3. The van der Waals surface area contributed by atoms with E-state index in [0.29, 0.717) is 6.54 Å². The normalized spacial score (nSPS) is 20.9. The van der Waals surface area contributed by atoms with Gasteiger partial charge in [0.1, 0.15) is 11.6 Å². The molecule has 1 aromatic rings. The molecule has 1 saturated heterocycles. The number of nitrogens with one attached hydrogen (secondary N) is 2. The number of hydrogen-bond acceptors (Lipinski definition) is 2. The van der Waals surface area contributed by atoms with E-state index in [-0.39, 0.29) is 17.4 Å². The molecule has 2 unspecified atom stereocenters. The Hall–Kier alpha value is -1.49. The maximum Gasteiger partial charge on any atom is 0.224 e. The van der Waals surface area contributed by atoms with Crippen LogP contribution in [0.5, 0.6) is 0 Å². The summed E-state index contributed by atoms with van der Waals surface area (Å²) in [5.74, 6) is -1.53. The summed E-state index contributed by atoms with van der Waals surface area (Å²) in [4.78, 5) is 12.0. The molecule has 1 aliphatic heterocycles. The highest BCUT2D eigenvalue weighted by Gasteiger charge is 2.24. The molecule has 2 atom stereocenters. The van der Waals surface area contributed by atoms with Crippen LogP contribution in [0.4, 0.5) is 8.78 Å². The molecule has 0 saturated carbocycles. The first-order valence-corrected chi connectivity index (χ1v) is 6.54. The van der Waals surface area contributed by atoms with Gasteiger partial charge in [0.05, 0.1) is 12.0 Å². The van der Waals surface area contributed by atoms with Crippen molar-refractivity contribution in [2.75, 3.05) is 13.1 Å². The van der Waals surface area contributed by atoms with Crippen molar-refractivity contribution < 1.29 is 13.6 Å². The van der Waals surface area contributed by atoms with Gasteiger partial charge in [0.25, 0.3) is 0 Å². The van der Waals surface area contributed by atoms with E-state index < -0.39 is 17.7 Å². The fourth-order valence-electron chi connectivity index (χ4n) is 2.40. The number of carbonyl (C=O) groups is 1. The van der Waals surface area contributed by atoms with Crippen LogP contribution >= 0.6 is 0 Å². The van der Waals surface area contributed by atoms with Crippen LogP contribution in [0.15, 0.2) is 18.2 Å². The van der Waals surface area contributed by atoms with Crippen molar-refractivity contribution in [2.45, 2.75) is 25.8 Å². The van der Waals surface area contributed by atoms with Gasteiger partial charge in [-0.15, -0.1) is 0 Å². The second-order valence-electron chi connectivity index (χ2n) is 4.91. The van der Waals surface area contributed by atoms with Crippen LogP contribution in [0, 0.1) is 17.6 Å². The predicted octanol–water partition coefficient (Wildman–Crippen LogP) is 2.14. The van der Waals surface area contributed by atoms with Gasteiger partial charge in [-0.1, -0.05) is 6.07 Å². The third kappa shape index (κ3) is 3.29. The molecule has 5 heteroatoms. The summed E-state index contributed by atoms with van der Waals surface area (Å²) in [6.45, 7) is 3.13. The van der Waals surface area contributed by atoms with Crippen LogP contribution < -0.4 is 10.6 Å². The van der Waals surface area contributed by atoms with Crippen molar-refractivity contribution >= 4 is 5.91 Å². The predicted molar refractivity (Wildman–Crippen MR) is 68.5 cm³/mol. The highest BCUT2D eigenvalue weighted by molar-refractivity contribution is 5.79. The summed E-state index contributed by atoms with van der Waals surface area (Å²) in [7, 11) is 0.